The highest BCUT2D eigenvalue weighted by Gasteiger charge is 2.35. The van der Waals surface area contributed by atoms with Crippen molar-refractivity contribution in [3.8, 4) is 0 Å². The number of aryl methyl sites for hydroxylation is 2. The summed E-state index contributed by atoms with van der Waals surface area (Å²) in [6, 6.07) is 5.00. The Hall–Kier alpha value is -2.06. The van der Waals surface area contributed by atoms with E-state index in [9.17, 15) is 14.4 Å². The normalized spacial score (nSPS) is 13.2. The van der Waals surface area contributed by atoms with E-state index >= 15 is 0 Å². The summed E-state index contributed by atoms with van der Waals surface area (Å²) < 4.78 is 0.745. The van der Waals surface area contributed by atoms with Crippen molar-refractivity contribution in [2.45, 2.75) is 32.6 Å². The number of nitrogens with one attached hydrogen (secondary N) is 1. The van der Waals surface area contributed by atoms with Crippen LogP contribution < -0.4 is 5.32 Å². The summed E-state index contributed by atoms with van der Waals surface area (Å²) in [6.07, 6.45) is 2.85. The molecule has 0 aliphatic carbocycles. The van der Waals surface area contributed by atoms with Crippen molar-refractivity contribution >= 4 is 45.0 Å². The molecule has 3 amide bonds. The molecule has 142 valence electrons. The van der Waals surface area contributed by atoms with Gasteiger partial charge in [0.15, 0.2) is 0 Å². The standard InChI is InChI=1S/C19H20BrN3O3S/c1-12-11-27-17(22-12)4-2-3-8-21-16(24)7-9-23-18(25)14-6-5-13(20)10-15(14)19(23)26/h5-6,10-11H,2-4,7-9H2,1H3,(H,21,24). The molecule has 1 aliphatic heterocycles. The van der Waals surface area contributed by atoms with Crippen LogP contribution in [0.1, 0.15) is 50.7 Å². The van der Waals surface area contributed by atoms with Crippen LogP contribution in [0.5, 0.6) is 0 Å². The Morgan fingerprint density at radius 1 is 1.22 bits per heavy atom. The average Bonchev–Trinajstić information content (AvgIpc) is 3.15. The van der Waals surface area contributed by atoms with Gasteiger partial charge < -0.3 is 5.32 Å². The fraction of sp³-hybridized carbons (Fsp3) is 0.368. The Morgan fingerprint density at radius 3 is 2.74 bits per heavy atom. The summed E-state index contributed by atoms with van der Waals surface area (Å²) in [4.78, 5) is 42.2. The van der Waals surface area contributed by atoms with E-state index in [-0.39, 0.29) is 30.7 Å². The molecule has 0 fully saturated rings. The van der Waals surface area contributed by atoms with E-state index in [0.29, 0.717) is 17.7 Å². The van der Waals surface area contributed by atoms with Crippen LogP contribution in [0, 0.1) is 6.92 Å². The van der Waals surface area contributed by atoms with Crippen LogP contribution in [0.25, 0.3) is 0 Å². The molecule has 0 bridgehead atoms. The summed E-state index contributed by atoms with van der Waals surface area (Å²) in [5, 5.41) is 6.00. The molecular formula is C19H20BrN3O3S. The Bertz CT molecular complexity index is 881. The lowest BCUT2D eigenvalue weighted by atomic mass is 10.1. The number of imide groups is 1. The first-order valence-corrected chi connectivity index (χ1v) is 10.5. The second-order valence-electron chi connectivity index (χ2n) is 6.39. The average molecular weight is 450 g/mol. The van der Waals surface area contributed by atoms with Crippen molar-refractivity contribution in [2.24, 2.45) is 0 Å². The number of aromatic nitrogens is 1. The van der Waals surface area contributed by atoms with Crippen molar-refractivity contribution < 1.29 is 14.4 Å². The quantitative estimate of drug-likeness (QED) is 0.494. The van der Waals surface area contributed by atoms with Gasteiger partial charge in [-0.2, -0.15) is 0 Å². The maximum Gasteiger partial charge on any atom is 0.261 e. The van der Waals surface area contributed by atoms with E-state index in [4.69, 9.17) is 0 Å². The van der Waals surface area contributed by atoms with Crippen LogP contribution in [-0.4, -0.2) is 40.7 Å². The number of hydrogen-bond donors (Lipinski definition) is 1. The lowest BCUT2D eigenvalue weighted by molar-refractivity contribution is -0.121. The van der Waals surface area contributed by atoms with Gasteiger partial charge in [0.05, 0.1) is 16.1 Å². The molecule has 2 heterocycles. The Labute approximate surface area is 170 Å². The SMILES string of the molecule is Cc1csc(CCCCNC(=O)CCN2C(=O)c3ccc(Br)cc3C2=O)n1. The highest BCUT2D eigenvalue weighted by atomic mass is 79.9. The predicted octanol–water partition coefficient (Wildman–Crippen LogP) is 3.34. The molecule has 1 aliphatic rings. The van der Waals surface area contributed by atoms with Crippen molar-refractivity contribution in [1.29, 1.82) is 0 Å². The Kier molecular flexibility index (Phi) is 6.38. The van der Waals surface area contributed by atoms with Gasteiger partial charge in [0, 0.05) is 35.1 Å². The van der Waals surface area contributed by atoms with Crippen LogP contribution in [0.2, 0.25) is 0 Å². The molecule has 0 saturated heterocycles. The Balaban J connectivity index is 1.38. The first-order chi connectivity index (χ1) is 13.0. The van der Waals surface area contributed by atoms with Crippen LogP contribution in [0.3, 0.4) is 0 Å². The summed E-state index contributed by atoms with van der Waals surface area (Å²) >= 11 is 4.96. The molecule has 3 rings (SSSR count). The maximum absolute atomic E-state index is 12.4. The first-order valence-electron chi connectivity index (χ1n) is 8.79. The molecule has 1 N–H and O–H groups in total. The zero-order valence-electron chi connectivity index (χ0n) is 15.0. The number of amides is 3. The molecular weight excluding hydrogens is 430 g/mol. The van der Waals surface area contributed by atoms with Gasteiger partial charge in [0.25, 0.3) is 11.8 Å². The van der Waals surface area contributed by atoms with Gasteiger partial charge in [-0.1, -0.05) is 15.9 Å². The number of fused-ring (bicyclic) bond motifs is 1. The van der Waals surface area contributed by atoms with Crippen molar-refractivity contribution in [3.63, 3.8) is 0 Å². The molecule has 0 atom stereocenters. The molecule has 0 saturated carbocycles. The van der Waals surface area contributed by atoms with Crippen LogP contribution in [-0.2, 0) is 11.2 Å². The minimum Gasteiger partial charge on any atom is -0.356 e. The molecule has 1 aromatic heterocycles. The van der Waals surface area contributed by atoms with Gasteiger partial charge in [0.2, 0.25) is 5.91 Å². The number of thiazole rings is 1. The summed E-state index contributed by atoms with van der Waals surface area (Å²) in [5.74, 6) is -0.838. The third-order valence-corrected chi connectivity index (χ3v) is 5.82. The number of halogens is 1. The smallest absolute Gasteiger partial charge is 0.261 e. The van der Waals surface area contributed by atoms with E-state index in [0.717, 1.165) is 39.3 Å². The van der Waals surface area contributed by atoms with Crippen LogP contribution in [0.4, 0.5) is 0 Å². The number of benzene rings is 1. The van der Waals surface area contributed by atoms with E-state index < -0.39 is 0 Å². The van der Waals surface area contributed by atoms with E-state index in [1.807, 2.05) is 12.3 Å². The Morgan fingerprint density at radius 2 is 2.00 bits per heavy atom. The number of carbonyl (C=O) groups excluding carboxylic acids is 3. The minimum atomic E-state index is -0.345. The highest BCUT2D eigenvalue weighted by molar-refractivity contribution is 9.10. The predicted molar refractivity (Wildman–Crippen MR) is 107 cm³/mol. The van der Waals surface area contributed by atoms with Crippen LogP contribution in [0.15, 0.2) is 28.1 Å². The summed E-state index contributed by atoms with van der Waals surface area (Å²) in [6.45, 7) is 2.65. The maximum atomic E-state index is 12.4. The molecule has 27 heavy (non-hydrogen) atoms. The molecule has 1 aromatic carbocycles. The molecule has 2 aromatic rings. The van der Waals surface area contributed by atoms with E-state index in [1.54, 1.807) is 29.5 Å². The number of nitrogens with zero attached hydrogens (tertiary/aromatic N) is 2. The van der Waals surface area contributed by atoms with E-state index in [2.05, 4.69) is 26.2 Å². The number of unbranched alkanes of at least 4 members (excludes halogenated alkanes) is 1. The second-order valence-corrected chi connectivity index (χ2v) is 8.25. The van der Waals surface area contributed by atoms with Gasteiger partial charge in [-0.3, -0.25) is 19.3 Å². The topological polar surface area (TPSA) is 79.4 Å². The largest absolute Gasteiger partial charge is 0.356 e. The fourth-order valence-corrected chi connectivity index (χ4v) is 4.09. The first kappa shape index (κ1) is 19.7. The third kappa shape index (κ3) is 4.81. The van der Waals surface area contributed by atoms with Crippen LogP contribution >= 0.6 is 27.3 Å². The third-order valence-electron chi connectivity index (χ3n) is 4.30. The van der Waals surface area contributed by atoms with Gasteiger partial charge in [0.1, 0.15) is 0 Å². The zero-order valence-corrected chi connectivity index (χ0v) is 17.4. The molecule has 6 nitrogen and oxygen atoms in total. The fourth-order valence-electron chi connectivity index (χ4n) is 2.91. The van der Waals surface area contributed by atoms with Gasteiger partial charge >= 0.3 is 0 Å². The van der Waals surface area contributed by atoms with Gasteiger partial charge in [-0.25, -0.2) is 4.98 Å². The van der Waals surface area contributed by atoms with Crippen molar-refractivity contribution in [2.75, 3.05) is 13.1 Å². The monoisotopic (exact) mass is 449 g/mol. The zero-order chi connectivity index (χ0) is 19.4. The molecule has 0 radical (unpaired) electrons. The number of hydrogen-bond acceptors (Lipinski definition) is 5. The number of rotatable bonds is 8. The molecule has 0 spiro atoms. The highest BCUT2D eigenvalue weighted by Crippen LogP contribution is 2.26. The van der Waals surface area contributed by atoms with Gasteiger partial charge in [-0.05, 0) is 44.4 Å². The van der Waals surface area contributed by atoms with E-state index in [1.165, 1.54) is 0 Å². The molecule has 8 heteroatoms. The number of carbonyl (C=O) groups is 3. The van der Waals surface area contributed by atoms with Gasteiger partial charge in [-0.15, -0.1) is 11.3 Å². The van der Waals surface area contributed by atoms with Crippen molar-refractivity contribution in [3.05, 3.63) is 49.9 Å². The summed E-state index contributed by atoms with van der Waals surface area (Å²) in [5.41, 5.74) is 1.82. The minimum absolute atomic E-state index is 0.0915. The van der Waals surface area contributed by atoms with Crippen molar-refractivity contribution in [1.82, 2.24) is 15.2 Å². The summed E-state index contributed by atoms with van der Waals surface area (Å²) in [7, 11) is 0. The molecule has 0 unspecified atom stereocenters. The lowest BCUT2D eigenvalue weighted by Gasteiger charge is -2.13. The second kappa shape index (κ2) is 8.75. The lowest BCUT2D eigenvalue weighted by Crippen LogP contribution is -2.34.